The molecule has 0 radical (unpaired) electrons. The highest BCUT2D eigenvalue weighted by molar-refractivity contribution is 9.10. The number of benzene rings is 1. The number of aromatic hydroxyl groups is 1. The molecule has 0 saturated heterocycles. The van der Waals surface area contributed by atoms with Crippen LogP contribution in [0.25, 0.3) is 0 Å². The van der Waals surface area contributed by atoms with Crippen LogP contribution in [0.5, 0.6) is 5.75 Å². The van der Waals surface area contributed by atoms with Gasteiger partial charge in [0.1, 0.15) is 0 Å². The number of nitrogens with zero attached hydrogens (tertiary/aromatic N) is 1. The van der Waals surface area contributed by atoms with Gasteiger partial charge in [-0.2, -0.15) is 0 Å². The van der Waals surface area contributed by atoms with Gasteiger partial charge in [0.25, 0.3) is 0 Å². The highest BCUT2D eigenvalue weighted by Crippen LogP contribution is 2.31. The van der Waals surface area contributed by atoms with Crippen molar-refractivity contribution in [2.75, 3.05) is 5.32 Å². The zero-order valence-electron chi connectivity index (χ0n) is 10.5. The molecule has 2 heterocycles. The van der Waals surface area contributed by atoms with Crippen LogP contribution in [0, 0.1) is 0 Å². The first kappa shape index (κ1) is 13.1. The first-order valence-electron chi connectivity index (χ1n) is 6.18. The molecular formula is C13H13BrN4O2. The summed E-state index contributed by atoms with van der Waals surface area (Å²) < 4.78 is 0.543. The van der Waals surface area contributed by atoms with Gasteiger partial charge in [0.2, 0.25) is 5.91 Å². The molecule has 104 valence electrons. The molecule has 0 bridgehead atoms. The number of carbonyl (C=O) groups excluding carboxylic acids is 1. The number of halogens is 1. The molecule has 1 aliphatic rings. The van der Waals surface area contributed by atoms with E-state index in [1.165, 1.54) is 0 Å². The summed E-state index contributed by atoms with van der Waals surface area (Å²) in [5.74, 6) is -0.163. The number of aromatic nitrogens is 2. The summed E-state index contributed by atoms with van der Waals surface area (Å²) in [6.07, 6.45) is 2.16. The van der Waals surface area contributed by atoms with Crippen LogP contribution in [0.1, 0.15) is 11.4 Å². The molecule has 1 aliphatic heterocycles. The van der Waals surface area contributed by atoms with E-state index in [9.17, 15) is 9.90 Å². The molecule has 2 aromatic rings. The molecule has 0 aliphatic carbocycles. The third-order valence-corrected chi connectivity index (χ3v) is 3.93. The average molecular weight is 337 g/mol. The average Bonchev–Trinajstić information content (AvgIpc) is 2.91. The normalized spacial score (nSPS) is 17.6. The maximum Gasteiger partial charge on any atom is 0.242 e. The lowest BCUT2D eigenvalue weighted by molar-refractivity contribution is -0.118. The molecule has 20 heavy (non-hydrogen) atoms. The summed E-state index contributed by atoms with van der Waals surface area (Å²) in [6.45, 7) is 0.581. The minimum Gasteiger partial charge on any atom is -0.505 e. The summed E-state index contributed by atoms with van der Waals surface area (Å²) >= 11 is 3.22. The summed E-state index contributed by atoms with van der Waals surface area (Å²) in [5, 5.41) is 15.7. The predicted molar refractivity (Wildman–Crippen MR) is 77.4 cm³/mol. The van der Waals surface area contributed by atoms with Gasteiger partial charge in [-0.25, -0.2) is 4.98 Å². The number of hydrogen-bond donors (Lipinski definition) is 4. The fourth-order valence-corrected chi connectivity index (χ4v) is 2.56. The number of anilines is 1. The van der Waals surface area contributed by atoms with Crippen molar-refractivity contribution in [2.24, 2.45) is 0 Å². The Morgan fingerprint density at radius 1 is 1.50 bits per heavy atom. The van der Waals surface area contributed by atoms with E-state index in [2.05, 4.69) is 36.5 Å². The van der Waals surface area contributed by atoms with Gasteiger partial charge in [-0.15, -0.1) is 0 Å². The molecule has 4 N–H and O–H groups in total. The van der Waals surface area contributed by atoms with E-state index in [0.717, 1.165) is 11.4 Å². The molecule has 1 atom stereocenters. The molecule has 0 fully saturated rings. The molecule has 0 spiro atoms. The lowest BCUT2D eigenvalue weighted by atomic mass is 10.0. The Morgan fingerprint density at radius 2 is 2.35 bits per heavy atom. The second-order valence-electron chi connectivity index (χ2n) is 4.59. The van der Waals surface area contributed by atoms with Crippen LogP contribution < -0.4 is 10.6 Å². The van der Waals surface area contributed by atoms with Gasteiger partial charge in [0.15, 0.2) is 5.75 Å². The molecule has 1 aromatic heterocycles. The van der Waals surface area contributed by atoms with E-state index in [1.807, 2.05) is 0 Å². The molecule has 0 saturated carbocycles. The van der Waals surface area contributed by atoms with E-state index in [4.69, 9.17) is 0 Å². The Hall–Kier alpha value is -1.86. The van der Waals surface area contributed by atoms with Gasteiger partial charge < -0.3 is 15.4 Å². The van der Waals surface area contributed by atoms with Gasteiger partial charge >= 0.3 is 0 Å². The van der Waals surface area contributed by atoms with Crippen LogP contribution in [0.2, 0.25) is 0 Å². The number of fused-ring (bicyclic) bond motifs is 1. The minimum atomic E-state index is -0.357. The Labute approximate surface area is 123 Å². The number of aromatic amines is 1. The largest absolute Gasteiger partial charge is 0.505 e. The van der Waals surface area contributed by atoms with E-state index in [-0.39, 0.29) is 17.7 Å². The summed E-state index contributed by atoms with van der Waals surface area (Å²) in [7, 11) is 0. The Balaban J connectivity index is 1.73. The van der Waals surface area contributed by atoms with Crippen molar-refractivity contribution in [3.8, 4) is 5.75 Å². The van der Waals surface area contributed by atoms with Crippen molar-refractivity contribution in [1.29, 1.82) is 0 Å². The fourth-order valence-electron chi connectivity index (χ4n) is 2.19. The number of rotatable bonds is 2. The highest BCUT2D eigenvalue weighted by atomic mass is 79.9. The quantitative estimate of drug-likeness (QED) is 0.626. The number of para-hydroxylation sites is 1. The number of nitrogens with one attached hydrogen (secondary N) is 3. The van der Waals surface area contributed by atoms with Crippen LogP contribution in [-0.4, -0.2) is 27.0 Å². The number of amides is 1. The third kappa shape index (κ3) is 2.41. The van der Waals surface area contributed by atoms with Crippen molar-refractivity contribution in [1.82, 2.24) is 15.3 Å². The van der Waals surface area contributed by atoms with E-state index < -0.39 is 0 Å². The Kier molecular flexibility index (Phi) is 3.45. The summed E-state index contributed by atoms with van der Waals surface area (Å²) in [5.41, 5.74) is 2.31. The first-order valence-corrected chi connectivity index (χ1v) is 6.97. The highest BCUT2D eigenvalue weighted by Gasteiger charge is 2.26. The summed E-state index contributed by atoms with van der Waals surface area (Å²) in [4.78, 5) is 19.5. The molecule has 3 rings (SSSR count). The smallest absolute Gasteiger partial charge is 0.242 e. The van der Waals surface area contributed by atoms with Crippen LogP contribution in [0.15, 0.2) is 29.0 Å². The Morgan fingerprint density at radius 3 is 3.20 bits per heavy atom. The number of phenolic OH excluding ortho intramolecular Hbond substituents is 1. The third-order valence-electron chi connectivity index (χ3n) is 3.29. The molecule has 6 nitrogen and oxygen atoms in total. The molecule has 1 aromatic carbocycles. The number of carbonyl (C=O) groups is 1. The lowest BCUT2D eigenvalue weighted by Gasteiger charge is -2.22. The minimum absolute atomic E-state index is 0.0251. The number of hydrogen-bond acceptors (Lipinski definition) is 4. The monoisotopic (exact) mass is 336 g/mol. The maximum absolute atomic E-state index is 12.2. The first-order chi connectivity index (χ1) is 9.65. The van der Waals surface area contributed by atoms with Gasteiger partial charge in [-0.3, -0.25) is 10.1 Å². The number of imidazole rings is 1. The van der Waals surface area contributed by atoms with Gasteiger partial charge in [-0.1, -0.05) is 6.07 Å². The van der Waals surface area contributed by atoms with E-state index in [0.29, 0.717) is 23.1 Å². The van der Waals surface area contributed by atoms with Gasteiger partial charge in [0, 0.05) is 13.0 Å². The van der Waals surface area contributed by atoms with E-state index >= 15 is 0 Å². The van der Waals surface area contributed by atoms with Crippen LogP contribution >= 0.6 is 15.9 Å². The van der Waals surface area contributed by atoms with Gasteiger partial charge in [-0.05, 0) is 28.1 Å². The van der Waals surface area contributed by atoms with Crippen molar-refractivity contribution in [3.05, 3.63) is 40.4 Å². The fraction of sp³-hybridized carbons (Fsp3) is 0.231. The topological polar surface area (TPSA) is 90.0 Å². The molecule has 7 heteroatoms. The Bertz CT molecular complexity index is 656. The molecule has 1 unspecified atom stereocenters. The molecular weight excluding hydrogens is 324 g/mol. The zero-order chi connectivity index (χ0) is 14.1. The van der Waals surface area contributed by atoms with Crippen LogP contribution in [0.3, 0.4) is 0 Å². The zero-order valence-corrected chi connectivity index (χ0v) is 12.1. The lowest BCUT2D eigenvalue weighted by Crippen LogP contribution is -2.44. The van der Waals surface area contributed by atoms with Crippen LogP contribution in [0.4, 0.5) is 5.69 Å². The number of phenols is 1. The van der Waals surface area contributed by atoms with E-state index in [1.54, 1.807) is 24.5 Å². The van der Waals surface area contributed by atoms with Crippen molar-refractivity contribution in [2.45, 2.75) is 19.0 Å². The molecule has 1 amide bonds. The van der Waals surface area contributed by atoms with Crippen LogP contribution in [-0.2, 0) is 17.8 Å². The number of H-pyrrole nitrogens is 1. The second-order valence-corrected chi connectivity index (χ2v) is 5.44. The van der Waals surface area contributed by atoms with Crippen molar-refractivity contribution >= 4 is 27.5 Å². The summed E-state index contributed by atoms with van der Waals surface area (Å²) in [6, 6.07) is 4.75. The predicted octanol–water partition coefficient (Wildman–Crippen LogP) is 1.53. The second kappa shape index (κ2) is 5.26. The SMILES string of the molecule is O=C(Nc1cccc(Br)c1O)C1Cc2nc[nH]c2CN1. The maximum atomic E-state index is 12.2. The van der Waals surface area contributed by atoms with Crippen molar-refractivity contribution in [3.63, 3.8) is 0 Å². The van der Waals surface area contributed by atoms with Gasteiger partial charge in [0.05, 0.1) is 33.9 Å². The standard InChI is InChI=1S/C13H13BrN4O2/c14-7-2-1-3-8(12(7)19)18-13(20)10-4-9-11(5-15-10)17-6-16-9/h1-3,6,10,15,19H,4-5H2,(H,16,17)(H,18,20). The van der Waals surface area contributed by atoms with Crippen molar-refractivity contribution < 1.29 is 9.90 Å².